The predicted molar refractivity (Wildman–Crippen MR) is 110 cm³/mol. The van der Waals surface area contributed by atoms with Gasteiger partial charge in [0.1, 0.15) is 5.75 Å². The van der Waals surface area contributed by atoms with Crippen molar-refractivity contribution in [3.8, 4) is 5.75 Å². The molecule has 25 heavy (non-hydrogen) atoms. The normalized spacial score (nSPS) is 17.4. The molecule has 2 aromatic rings. The quantitative estimate of drug-likeness (QED) is 0.562. The molecule has 0 atom stereocenters. The number of halogens is 2. The number of phenols is 1. The minimum absolute atomic E-state index is 0.128. The van der Waals surface area contributed by atoms with Crippen LogP contribution >= 0.6 is 43.6 Å². The van der Waals surface area contributed by atoms with Gasteiger partial charge < -0.3 is 10.4 Å². The molecule has 1 saturated heterocycles. The molecule has 0 radical (unpaired) electrons. The van der Waals surface area contributed by atoms with Crippen LogP contribution in [0.1, 0.15) is 16.7 Å². The molecule has 0 spiro atoms. The van der Waals surface area contributed by atoms with Crippen molar-refractivity contribution in [1.29, 1.82) is 0 Å². The number of nitrogens with zero attached hydrogens (tertiary/aromatic N) is 1. The third-order valence-electron chi connectivity index (χ3n) is 3.56. The number of hydrogen-bond acceptors (Lipinski definition) is 4. The molecule has 3 rings (SSSR count). The molecule has 7 heteroatoms. The summed E-state index contributed by atoms with van der Waals surface area (Å²) in [7, 11) is 0. The van der Waals surface area contributed by atoms with E-state index in [0.29, 0.717) is 19.0 Å². The van der Waals surface area contributed by atoms with Crippen molar-refractivity contribution >= 4 is 66.5 Å². The molecule has 1 amide bonds. The number of nitrogens with one attached hydrogen (secondary N) is 1. The van der Waals surface area contributed by atoms with Gasteiger partial charge in [0.05, 0.1) is 19.5 Å². The Balaban J connectivity index is 1.88. The second kappa shape index (κ2) is 7.35. The predicted octanol–water partition coefficient (Wildman–Crippen LogP) is 5.43. The molecule has 0 aromatic heterocycles. The summed E-state index contributed by atoms with van der Waals surface area (Å²) < 4.78 is 1.11. The molecule has 0 aliphatic carbocycles. The van der Waals surface area contributed by atoms with Crippen LogP contribution in [-0.2, 0) is 4.79 Å². The van der Waals surface area contributed by atoms with Crippen LogP contribution in [0, 0.1) is 13.8 Å². The van der Waals surface area contributed by atoms with E-state index in [1.54, 1.807) is 18.2 Å². The summed E-state index contributed by atoms with van der Waals surface area (Å²) in [4.78, 5) is 17.3. The Morgan fingerprint density at radius 3 is 2.48 bits per heavy atom. The number of amidine groups is 1. The van der Waals surface area contributed by atoms with Crippen molar-refractivity contribution in [3.63, 3.8) is 0 Å². The number of aryl methyl sites for hydroxylation is 2. The van der Waals surface area contributed by atoms with Crippen LogP contribution in [0.3, 0.4) is 0 Å². The Bertz CT molecular complexity index is 916. The van der Waals surface area contributed by atoms with Gasteiger partial charge in [-0.15, -0.1) is 0 Å². The standard InChI is InChI=1S/C18H14Br2N2O2S/c1-9-3-4-14(10(2)5-9)21-18-22-17(24)15(25-18)8-11-6-12(19)16(23)13(20)7-11/h3-8,23H,1-2H3,(H,21,22,24)/b15-8-. The lowest BCUT2D eigenvalue weighted by molar-refractivity contribution is -0.115. The van der Waals surface area contributed by atoms with Gasteiger partial charge in [-0.2, -0.15) is 0 Å². The van der Waals surface area contributed by atoms with E-state index in [9.17, 15) is 9.90 Å². The van der Waals surface area contributed by atoms with E-state index in [0.717, 1.165) is 16.8 Å². The second-order valence-electron chi connectivity index (χ2n) is 5.60. The van der Waals surface area contributed by atoms with Crippen LogP contribution < -0.4 is 5.32 Å². The molecular formula is C18H14Br2N2O2S. The van der Waals surface area contributed by atoms with Crippen LogP contribution in [0.4, 0.5) is 5.69 Å². The Labute approximate surface area is 166 Å². The van der Waals surface area contributed by atoms with Gasteiger partial charge in [-0.3, -0.25) is 4.79 Å². The number of benzene rings is 2. The summed E-state index contributed by atoms with van der Waals surface area (Å²) in [5.41, 5.74) is 3.87. The van der Waals surface area contributed by atoms with Crippen LogP contribution in [0.15, 0.2) is 49.2 Å². The fourth-order valence-electron chi connectivity index (χ4n) is 2.34. The highest BCUT2D eigenvalue weighted by molar-refractivity contribution is 9.11. The molecule has 1 heterocycles. The third-order valence-corrected chi connectivity index (χ3v) is 5.68. The first kappa shape index (κ1) is 18.2. The highest BCUT2D eigenvalue weighted by Crippen LogP contribution is 2.35. The fraction of sp³-hybridized carbons (Fsp3) is 0.111. The highest BCUT2D eigenvalue weighted by atomic mass is 79.9. The van der Waals surface area contributed by atoms with E-state index in [4.69, 9.17) is 0 Å². The molecule has 1 fully saturated rings. The maximum atomic E-state index is 12.2. The minimum atomic E-state index is -0.186. The zero-order chi connectivity index (χ0) is 18.1. The minimum Gasteiger partial charge on any atom is -0.506 e. The Morgan fingerprint density at radius 1 is 1.16 bits per heavy atom. The number of hydrogen-bond donors (Lipinski definition) is 2. The lowest BCUT2D eigenvalue weighted by Crippen LogP contribution is -2.19. The summed E-state index contributed by atoms with van der Waals surface area (Å²) in [6.07, 6.45) is 1.76. The van der Waals surface area contributed by atoms with E-state index in [1.807, 2.05) is 26.0 Å². The molecule has 2 aromatic carbocycles. The number of aromatic hydroxyl groups is 1. The van der Waals surface area contributed by atoms with E-state index in [1.165, 1.54) is 17.3 Å². The lowest BCUT2D eigenvalue weighted by Gasteiger charge is -2.03. The van der Waals surface area contributed by atoms with E-state index < -0.39 is 0 Å². The van der Waals surface area contributed by atoms with Crippen LogP contribution in [0.2, 0.25) is 0 Å². The van der Waals surface area contributed by atoms with Gasteiger partial charge in [0, 0.05) is 0 Å². The number of carbonyl (C=O) groups excluding carboxylic acids is 1. The van der Waals surface area contributed by atoms with E-state index >= 15 is 0 Å². The maximum Gasteiger partial charge on any atom is 0.264 e. The molecule has 4 nitrogen and oxygen atoms in total. The van der Waals surface area contributed by atoms with Gasteiger partial charge in [-0.25, -0.2) is 4.99 Å². The molecular weight excluding hydrogens is 468 g/mol. The molecule has 0 bridgehead atoms. The molecule has 0 saturated carbocycles. The van der Waals surface area contributed by atoms with E-state index in [2.05, 4.69) is 48.2 Å². The highest BCUT2D eigenvalue weighted by Gasteiger charge is 2.24. The molecule has 1 aliphatic rings. The number of aliphatic imine (C=N–C) groups is 1. The first-order valence-corrected chi connectivity index (χ1v) is 9.78. The lowest BCUT2D eigenvalue weighted by atomic mass is 10.1. The van der Waals surface area contributed by atoms with Crippen molar-refractivity contribution in [2.45, 2.75) is 13.8 Å². The smallest absolute Gasteiger partial charge is 0.264 e. The largest absolute Gasteiger partial charge is 0.506 e. The number of thioether (sulfide) groups is 1. The fourth-order valence-corrected chi connectivity index (χ4v) is 4.40. The van der Waals surface area contributed by atoms with Gasteiger partial charge in [-0.05, 0) is 92.9 Å². The molecule has 1 aliphatic heterocycles. The Kier molecular flexibility index (Phi) is 5.36. The summed E-state index contributed by atoms with van der Waals surface area (Å²) in [6, 6.07) is 9.50. The zero-order valence-corrected chi connectivity index (χ0v) is 17.4. The van der Waals surface area contributed by atoms with E-state index in [-0.39, 0.29) is 11.7 Å². The van der Waals surface area contributed by atoms with Crippen LogP contribution in [0.5, 0.6) is 5.75 Å². The Hall–Kier alpha value is -1.57. The van der Waals surface area contributed by atoms with Gasteiger partial charge >= 0.3 is 0 Å². The van der Waals surface area contributed by atoms with Crippen molar-refractivity contribution in [3.05, 3.63) is 60.9 Å². The molecule has 2 N–H and O–H groups in total. The van der Waals surface area contributed by atoms with Crippen molar-refractivity contribution in [2.24, 2.45) is 4.99 Å². The topological polar surface area (TPSA) is 61.7 Å². The summed E-state index contributed by atoms with van der Waals surface area (Å²) in [6.45, 7) is 4.03. The van der Waals surface area contributed by atoms with Gasteiger partial charge in [0.25, 0.3) is 5.91 Å². The monoisotopic (exact) mass is 480 g/mol. The average Bonchev–Trinajstić information content (AvgIpc) is 2.87. The molecule has 128 valence electrons. The summed E-state index contributed by atoms with van der Waals surface area (Å²) in [5.74, 6) is -0.0587. The van der Waals surface area contributed by atoms with Crippen LogP contribution in [-0.4, -0.2) is 16.2 Å². The third kappa shape index (κ3) is 4.16. The SMILES string of the molecule is Cc1ccc(N=C2NC(=O)/C(=C/c3cc(Br)c(O)c(Br)c3)S2)c(C)c1. The van der Waals surface area contributed by atoms with Crippen molar-refractivity contribution in [1.82, 2.24) is 5.32 Å². The average molecular weight is 482 g/mol. The Morgan fingerprint density at radius 2 is 1.84 bits per heavy atom. The van der Waals surface area contributed by atoms with Crippen molar-refractivity contribution < 1.29 is 9.90 Å². The zero-order valence-electron chi connectivity index (χ0n) is 13.4. The van der Waals surface area contributed by atoms with Gasteiger partial charge in [0.15, 0.2) is 5.17 Å². The maximum absolute atomic E-state index is 12.2. The number of phenolic OH excluding ortho intramolecular Hbond substituents is 1. The summed E-state index contributed by atoms with van der Waals surface area (Å²) >= 11 is 7.88. The molecule has 0 unspecified atom stereocenters. The second-order valence-corrected chi connectivity index (χ2v) is 8.34. The summed E-state index contributed by atoms with van der Waals surface area (Å²) in [5, 5.41) is 13.1. The van der Waals surface area contributed by atoms with Crippen LogP contribution in [0.25, 0.3) is 6.08 Å². The van der Waals surface area contributed by atoms with Gasteiger partial charge in [-0.1, -0.05) is 17.7 Å². The number of rotatable bonds is 2. The number of amides is 1. The van der Waals surface area contributed by atoms with Gasteiger partial charge in [0.2, 0.25) is 0 Å². The first-order valence-electron chi connectivity index (χ1n) is 7.38. The number of carbonyl (C=O) groups is 1. The first-order chi connectivity index (χ1) is 11.8. The van der Waals surface area contributed by atoms with Crippen molar-refractivity contribution in [2.75, 3.05) is 0 Å².